The topological polar surface area (TPSA) is 49.2 Å². The van der Waals surface area contributed by atoms with E-state index >= 15 is 0 Å². The minimum absolute atomic E-state index is 0.686. The van der Waals surface area contributed by atoms with Crippen LogP contribution in [0.3, 0.4) is 0 Å². The Balaban J connectivity index is 2.02. The molecule has 0 fully saturated rings. The first-order chi connectivity index (χ1) is 12.7. The Morgan fingerprint density at radius 2 is 1.77 bits per heavy atom. The molecule has 0 N–H and O–H groups in total. The van der Waals surface area contributed by atoms with Crippen molar-refractivity contribution >= 4 is 35.5 Å². The van der Waals surface area contributed by atoms with Crippen LogP contribution in [0.4, 0.5) is 0 Å². The highest BCUT2D eigenvalue weighted by atomic mass is 35.5. The monoisotopic (exact) mass is 387 g/mol. The standard InChI is InChI=1S/C19H18ClN3O2S/c1-24-16-9-10-17(25-2)13(12-16)4-11-18-21-22-19(26-3)23(18)15-7-5-14(20)6-8-15/h4-12H,1-3H3/b11-4+. The molecule has 0 aliphatic carbocycles. The van der Waals surface area contributed by atoms with Gasteiger partial charge in [0.25, 0.3) is 0 Å². The van der Waals surface area contributed by atoms with E-state index in [0.29, 0.717) is 10.8 Å². The summed E-state index contributed by atoms with van der Waals surface area (Å²) >= 11 is 7.53. The first-order valence-corrected chi connectivity index (χ1v) is 9.42. The van der Waals surface area contributed by atoms with Crippen molar-refractivity contribution in [2.24, 2.45) is 0 Å². The predicted molar refractivity (Wildman–Crippen MR) is 107 cm³/mol. The number of nitrogens with zero attached hydrogens (tertiary/aromatic N) is 3. The van der Waals surface area contributed by atoms with Gasteiger partial charge in [0.2, 0.25) is 0 Å². The summed E-state index contributed by atoms with van der Waals surface area (Å²) < 4.78 is 12.7. The van der Waals surface area contributed by atoms with Crippen LogP contribution in [0.15, 0.2) is 47.6 Å². The molecule has 3 aromatic rings. The smallest absolute Gasteiger partial charge is 0.195 e. The molecule has 2 aromatic carbocycles. The van der Waals surface area contributed by atoms with E-state index in [4.69, 9.17) is 21.1 Å². The van der Waals surface area contributed by atoms with Crippen molar-refractivity contribution in [3.63, 3.8) is 0 Å². The fourth-order valence-electron chi connectivity index (χ4n) is 2.49. The van der Waals surface area contributed by atoms with Gasteiger partial charge in [-0.05, 0) is 60.9 Å². The molecule has 0 saturated carbocycles. The van der Waals surface area contributed by atoms with Crippen molar-refractivity contribution in [2.45, 2.75) is 5.16 Å². The third-order valence-electron chi connectivity index (χ3n) is 3.77. The maximum Gasteiger partial charge on any atom is 0.195 e. The highest BCUT2D eigenvalue weighted by molar-refractivity contribution is 7.98. The molecule has 0 unspecified atom stereocenters. The Hall–Kier alpha value is -2.44. The van der Waals surface area contributed by atoms with Crippen LogP contribution in [-0.2, 0) is 0 Å². The van der Waals surface area contributed by atoms with Crippen molar-refractivity contribution in [3.05, 3.63) is 58.9 Å². The van der Waals surface area contributed by atoms with Gasteiger partial charge in [-0.1, -0.05) is 23.4 Å². The Morgan fingerprint density at radius 1 is 1.00 bits per heavy atom. The van der Waals surface area contributed by atoms with Gasteiger partial charge in [-0.2, -0.15) is 0 Å². The number of aromatic nitrogens is 3. The average molecular weight is 388 g/mol. The molecule has 1 heterocycles. The van der Waals surface area contributed by atoms with Crippen LogP contribution in [0, 0.1) is 0 Å². The van der Waals surface area contributed by atoms with Gasteiger partial charge in [0.1, 0.15) is 11.5 Å². The van der Waals surface area contributed by atoms with Gasteiger partial charge in [0, 0.05) is 16.3 Å². The fraction of sp³-hybridized carbons (Fsp3) is 0.158. The van der Waals surface area contributed by atoms with Crippen molar-refractivity contribution in [3.8, 4) is 17.2 Å². The number of hydrogen-bond acceptors (Lipinski definition) is 5. The Labute approximate surface area is 161 Å². The minimum atomic E-state index is 0.686. The number of halogens is 1. The Bertz CT molecular complexity index is 923. The zero-order chi connectivity index (χ0) is 18.5. The number of benzene rings is 2. The second-order valence-corrected chi connectivity index (χ2v) is 6.51. The first kappa shape index (κ1) is 18.4. The number of ether oxygens (including phenoxy) is 2. The average Bonchev–Trinajstić information content (AvgIpc) is 3.09. The summed E-state index contributed by atoms with van der Waals surface area (Å²) in [5.74, 6) is 2.22. The molecule has 0 amide bonds. The maximum absolute atomic E-state index is 6.00. The molecule has 0 saturated heterocycles. The van der Waals surface area contributed by atoms with Gasteiger partial charge in [-0.3, -0.25) is 4.57 Å². The zero-order valence-electron chi connectivity index (χ0n) is 14.6. The van der Waals surface area contributed by atoms with E-state index < -0.39 is 0 Å². The van der Waals surface area contributed by atoms with E-state index in [1.807, 2.05) is 65.4 Å². The third kappa shape index (κ3) is 3.86. The quantitative estimate of drug-likeness (QED) is 0.567. The van der Waals surface area contributed by atoms with E-state index in [2.05, 4.69) is 10.2 Å². The molecule has 0 aliphatic rings. The van der Waals surface area contributed by atoms with Crippen molar-refractivity contribution in [2.75, 3.05) is 20.5 Å². The molecular formula is C19H18ClN3O2S. The molecule has 0 radical (unpaired) electrons. The second kappa shape index (κ2) is 8.29. The Kier molecular flexibility index (Phi) is 5.85. The predicted octanol–water partition coefficient (Wildman–Crippen LogP) is 4.83. The molecule has 1 aromatic heterocycles. The largest absolute Gasteiger partial charge is 0.497 e. The lowest BCUT2D eigenvalue weighted by Crippen LogP contribution is -1.98. The van der Waals surface area contributed by atoms with Gasteiger partial charge < -0.3 is 9.47 Å². The fourth-order valence-corrected chi connectivity index (χ4v) is 3.12. The maximum atomic E-state index is 6.00. The van der Waals surface area contributed by atoms with Gasteiger partial charge in [-0.25, -0.2) is 0 Å². The summed E-state index contributed by atoms with van der Waals surface area (Å²) in [4.78, 5) is 0. The second-order valence-electron chi connectivity index (χ2n) is 5.30. The number of hydrogen-bond donors (Lipinski definition) is 0. The summed E-state index contributed by atoms with van der Waals surface area (Å²) in [7, 11) is 3.28. The van der Waals surface area contributed by atoms with Gasteiger partial charge >= 0.3 is 0 Å². The third-order valence-corrected chi connectivity index (χ3v) is 4.66. The molecule has 3 rings (SSSR count). The summed E-state index contributed by atoms with van der Waals surface area (Å²) in [5.41, 5.74) is 1.84. The van der Waals surface area contributed by atoms with Crippen molar-refractivity contribution in [1.29, 1.82) is 0 Å². The first-order valence-electron chi connectivity index (χ1n) is 7.81. The Morgan fingerprint density at radius 3 is 2.42 bits per heavy atom. The van der Waals surface area contributed by atoms with Gasteiger partial charge in [0.15, 0.2) is 11.0 Å². The molecule has 0 spiro atoms. The van der Waals surface area contributed by atoms with Gasteiger partial charge in [0.05, 0.1) is 14.2 Å². The van der Waals surface area contributed by atoms with Crippen molar-refractivity contribution in [1.82, 2.24) is 14.8 Å². The molecule has 0 aliphatic heterocycles. The van der Waals surface area contributed by atoms with Crippen LogP contribution in [0.1, 0.15) is 11.4 Å². The summed E-state index contributed by atoms with van der Waals surface area (Å²) in [5, 5.41) is 10.0. The minimum Gasteiger partial charge on any atom is -0.497 e. The SMILES string of the molecule is COc1ccc(OC)c(/C=C/c2nnc(SC)n2-c2ccc(Cl)cc2)c1. The van der Waals surface area contributed by atoms with Crippen LogP contribution < -0.4 is 9.47 Å². The number of rotatable bonds is 6. The molecule has 0 bridgehead atoms. The van der Waals surface area contributed by atoms with Crippen molar-refractivity contribution < 1.29 is 9.47 Å². The highest BCUT2D eigenvalue weighted by Gasteiger charge is 2.11. The zero-order valence-corrected chi connectivity index (χ0v) is 16.2. The summed E-state index contributed by atoms with van der Waals surface area (Å²) in [6.07, 6.45) is 5.80. The summed E-state index contributed by atoms with van der Waals surface area (Å²) in [6.45, 7) is 0. The molecule has 26 heavy (non-hydrogen) atoms. The molecular weight excluding hydrogens is 370 g/mol. The van der Waals surface area contributed by atoms with Crippen LogP contribution in [0.2, 0.25) is 5.02 Å². The van der Waals surface area contributed by atoms with E-state index in [-0.39, 0.29) is 0 Å². The van der Waals surface area contributed by atoms with Crippen LogP contribution >= 0.6 is 23.4 Å². The van der Waals surface area contributed by atoms with Crippen LogP contribution in [0.25, 0.3) is 17.8 Å². The number of methoxy groups -OCH3 is 2. The highest BCUT2D eigenvalue weighted by Crippen LogP contribution is 2.27. The number of thioether (sulfide) groups is 1. The van der Waals surface area contributed by atoms with E-state index in [1.54, 1.807) is 14.2 Å². The van der Waals surface area contributed by atoms with E-state index in [1.165, 1.54) is 11.8 Å². The van der Waals surface area contributed by atoms with Crippen LogP contribution in [-0.4, -0.2) is 35.2 Å². The molecule has 7 heteroatoms. The lowest BCUT2D eigenvalue weighted by Gasteiger charge is -2.08. The van der Waals surface area contributed by atoms with E-state index in [9.17, 15) is 0 Å². The normalized spacial score (nSPS) is 11.1. The molecule has 5 nitrogen and oxygen atoms in total. The van der Waals surface area contributed by atoms with Crippen LogP contribution in [0.5, 0.6) is 11.5 Å². The lowest BCUT2D eigenvalue weighted by molar-refractivity contribution is 0.402. The summed E-state index contributed by atoms with van der Waals surface area (Å²) in [6, 6.07) is 13.2. The molecule has 134 valence electrons. The van der Waals surface area contributed by atoms with Gasteiger partial charge in [-0.15, -0.1) is 10.2 Å². The lowest BCUT2D eigenvalue weighted by atomic mass is 10.1. The molecule has 0 atom stereocenters. The van der Waals surface area contributed by atoms with E-state index in [0.717, 1.165) is 27.9 Å².